The number of carbonyl (C=O) groups is 4. The number of nitrogens with zero attached hydrogens (tertiary/aromatic N) is 8. The van der Waals surface area contributed by atoms with E-state index in [0.717, 1.165) is 29.7 Å². The number of hydrogen-bond donors (Lipinski definition) is 4. The topological polar surface area (TPSA) is 316 Å². The third-order valence-electron chi connectivity index (χ3n) is 16.5. The minimum atomic E-state index is -2.43. The summed E-state index contributed by atoms with van der Waals surface area (Å²) in [4.78, 5) is 64.8. The van der Waals surface area contributed by atoms with Crippen LogP contribution in [-0.2, 0) is 65.4 Å². The number of anilines is 1. The number of primary amides is 2. The Labute approximate surface area is 517 Å². The van der Waals surface area contributed by atoms with E-state index in [-0.39, 0.29) is 78.9 Å². The van der Waals surface area contributed by atoms with E-state index in [1.54, 1.807) is 56.8 Å². The molecule has 0 aliphatic carbocycles. The summed E-state index contributed by atoms with van der Waals surface area (Å²) >= 11 is 0. The number of nitrogens with two attached hydrogens (primary N) is 3. The zero-order valence-electron chi connectivity index (χ0n) is 52.7. The van der Waals surface area contributed by atoms with Crippen LogP contribution in [0.4, 0.5) is 5.95 Å². The highest BCUT2D eigenvalue weighted by molar-refractivity contribution is 6.74. The lowest BCUT2D eigenvalue weighted by Gasteiger charge is -2.51. The zero-order chi connectivity index (χ0) is 63.9. The molecule has 4 aromatic heterocycles. The molecule has 2 aliphatic heterocycles. The standard InChI is InChI=1S/C63H84N12O13Si/c1-12-74-49(58(79)82-13-2)42(38(4)71-74)25-18-15-19-28-75-45(31-37(3)70-75)57(78)69-62-68-44-33-40(55(64)76)34-46(80-8)50(44)73(62)27-21-20-26-72-51-43(67-61(72)66)32-41(56(65)77)35-47(51)83-29-22-30-84-54-53(88-89(10,11)63(5,6)7)52-48(86-60(54)81-9)36-85-59(87-52)39-23-16-14-17-24-39/h14,16-17,20-21,23-24,31-35,48,52-54,59-60H,12-13,15,18-19,22,25-30,36H2,1-11H3,(H2,64,76)(H2,65,77)(H2,66,67)(H,68,69,78)/b21-20+/t48-,52-,53?,54-,59?,60+/m1/s1. The second-order valence-electron chi connectivity index (χ2n) is 23.7. The summed E-state index contributed by atoms with van der Waals surface area (Å²) in [5.41, 5.74) is 24.6. The number of fused-ring (bicyclic) bond motifs is 3. The highest BCUT2D eigenvalue weighted by atomic mass is 28.4. The van der Waals surface area contributed by atoms with Crippen LogP contribution in [0.5, 0.6) is 11.5 Å². The molecule has 3 aromatic carbocycles. The molecular formula is C63H84N12O13Si. The number of aryl methyl sites for hydroxylation is 4. The first kappa shape index (κ1) is 65.5. The Morgan fingerprint density at radius 2 is 1.56 bits per heavy atom. The van der Waals surface area contributed by atoms with E-state index in [4.69, 9.17) is 59.5 Å². The molecule has 7 N–H and O–H groups in total. The predicted octanol–water partition coefficient (Wildman–Crippen LogP) is 7.75. The number of esters is 1. The van der Waals surface area contributed by atoms with Crippen LogP contribution in [0.3, 0.4) is 0 Å². The monoisotopic (exact) mass is 1240 g/mol. The van der Waals surface area contributed by atoms with Gasteiger partial charge in [-0.3, -0.25) is 23.7 Å². The van der Waals surface area contributed by atoms with Crippen molar-refractivity contribution in [3.05, 3.63) is 123 Å². The first-order valence-electron chi connectivity index (χ1n) is 30.2. The summed E-state index contributed by atoms with van der Waals surface area (Å²) in [5, 5.41) is 9.09. The van der Waals surface area contributed by atoms with Gasteiger partial charge in [-0.2, -0.15) is 15.2 Å². The molecule has 6 atom stereocenters. The Morgan fingerprint density at radius 3 is 2.25 bits per heavy atom. The lowest BCUT2D eigenvalue weighted by atomic mass is 9.97. The summed E-state index contributed by atoms with van der Waals surface area (Å²) < 4.78 is 63.6. The molecule has 2 saturated heterocycles. The Hall–Kier alpha value is -7.98. The largest absolute Gasteiger partial charge is 0.494 e. The van der Waals surface area contributed by atoms with Gasteiger partial charge in [0.25, 0.3) is 5.91 Å². The number of unbranched alkanes of at least 4 members (excludes halogenated alkanes) is 2. The number of benzene rings is 3. The summed E-state index contributed by atoms with van der Waals surface area (Å²) in [6, 6.07) is 17.7. The van der Waals surface area contributed by atoms with E-state index >= 15 is 0 Å². The van der Waals surface area contributed by atoms with Gasteiger partial charge in [0.1, 0.15) is 58.3 Å². The van der Waals surface area contributed by atoms with Gasteiger partial charge in [-0.1, -0.05) is 69.7 Å². The van der Waals surface area contributed by atoms with Crippen LogP contribution in [-0.4, -0.2) is 142 Å². The van der Waals surface area contributed by atoms with Crippen molar-refractivity contribution in [2.24, 2.45) is 16.5 Å². The highest BCUT2D eigenvalue weighted by Crippen LogP contribution is 2.43. The van der Waals surface area contributed by atoms with Crippen LogP contribution in [0, 0.1) is 13.8 Å². The summed E-state index contributed by atoms with van der Waals surface area (Å²) in [5.74, 6) is -1.50. The van der Waals surface area contributed by atoms with Gasteiger partial charge >= 0.3 is 5.97 Å². The first-order valence-corrected chi connectivity index (χ1v) is 33.1. The fourth-order valence-corrected chi connectivity index (χ4v) is 12.3. The number of nitrogens with one attached hydrogen (secondary N) is 1. The predicted molar refractivity (Wildman–Crippen MR) is 334 cm³/mol. The van der Waals surface area contributed by atoms with Crippen LogP contribution in [0.25, 0.3) is 22.1 Å². The maximum Gasteiger partial charge on any atom is 0.356 e. The average molecular weight is 1250 g/mol. The fourth-order valence-electron chi connectivity index (χ4n) is 11.0. The number of nitrogen functional groups attached to an aromatic ring is 1. The number of H-pyrrole nitrogens is 1. The molecule has 0 saturated carbocycles. The number of amides is 3. The van der Waals surface area contributed by atoms with Crippen LogP contribution in [0.1, 0.15) is 131 Å². The van der Waals surface area contributed by atoms with Crippen molar-refractivity contribution in [3.63, 3.8) is 0 Å². The number of ether oxygens (including phenoxy) is 8. The van der Waals surface area contributed by atoms with Gasteiger partial charge in [0.2, 0.25) is 23.4 Å². The zero-order valence-corrected chi connectivity index (χ0v) is 53.7. The molecule has 26 heteroatoms. The van der Waals surface area contributed by atoms with Gasteiger partial charge in [0, 0.05) is 62.0 Å². The number of rotatable bonds is 27. The van der Waals surface area contributed by atoms with Crippen molar-refractivity contribution < 1.29 is 61.5 Å². The maximum atomic E-state index is 14.3. The Kier molecular flexibility index (Phi) is 20.8. The molecule has 89 heavy (non-hydrogen) atoms. The van der Waals surface area contributed by atoms with Gasteiger partial charge < -0.3 is 73.6 Å². The van der Waals surface area contributed by atoms with Crippen molar-refractivity contribution in [1.29, 1.82) is 0 Å². The van der Waals surface area contributed by atoms with Crippen LogP contribution in [0.15, 0.2) is 77.8 Å². The Morgan fingerprint density at radius 1 is 0.843 bits per heavy atom. The van der Waals surface area contributed by atoms with Crippen molar-refractivity contribution in [3.8, 4) is 11.5 Å². The molecule has 478 valence electrons. The third kappa shape index (κ3) is 14.5. The van der Waals surface area contributed by atoms with Gasteiger partial charge in [-0.25, -0.2) is 9.78 Å². The van der Waals surface area contributed by atoms with Gasteiger partial charge in [-0.15, -0.1) is 0 Å². The number of hydrogen-bond acceptors (Lipinski definition) is 17. The van der Waals surface area contributed by atoms with E-state index in [1.165, 1.54) is 13.2 Å². The van der Waals surface area contributed by atoms with Gasteiger partial charge in [-0.05, 0) is 95.4 Å². The maximum absolute atomic E-state index is 14.3. The molecule has 0 bridgehead atoms. The second kappa shape index (κ2) is 28.2. The molecule has 0 radical (unpaired) electrons. The van der Waals surface area contributed by atoms with Crippen LogP contribution >= 0.6 is 0 Å². The van der Waals surface area contributed by atoms with E-state index in [0.29, 0.717) is 77.3 Å². The Balaban J connectivity index is 0.916. The van der Waals surface area contributed by atoms with Crippen molar-refractivity contribution in [2.75, 3.05) is 46.4 Å². The quantitative estimate of drug-likeness (QED) is 0.0165. The molecule has 6 heterocycles. The van der Waals surface area contributed by atoms with E-state index in [1.807, 2.05) is 63.3 Å². The molecular weight excluding hydrogens is 1160 g/mol. The summed E-state index contributed by atoms with van der Waals surface area (Å²) in [6.07, 6.45) is 3.34. The van der Waals surface area contributed by atoms with E-state index < -0.39 is 63.0 Å². The Bertz CT molecular complexity index is 3780. The second-order valence-corrected chi connectivity index (χ2v) is 28.4. The van der Waals surface area contributed by atoms with Crippen molar-refractivity contribution >= 4 is 60.0 Å². The molecule has 0 spiro atoms. The normalized spacial score (nSPS) is 19.1. The fraction of sp³-hybridized carbons (Fsp3) is 0.492. The molecule has 9 rings (SSSR count). The minimum absolute atomic E-state index is 0.133. The van der Waals surface area contributed by atoms with E-state index in [9.17, 15) is 19.2 Å². The van der Waals surface area contributed by atoms with Gasteiger partial charge in [0.05, 0.1) is 56.0 Å². The van der Waals surface area contributed by atoms with Crippen molar-refractivity contribution in [2.45, 2.75) is 162 Å². The average Bonchev–Trinajstić information content (AvgIpc) is 1.98. The molecule has 2 aliphatic rings. The SMILES string of the molecule is CCOC(=O)c1c(CCCCCn2nc(C)cc2C(=O)/N=c2\[nH]c3cc(C(N)=O)cc(OC)c3n2C/C=C/Cn2c(N)nc3cc(C(N)=O)cc(OCCCO[C@@H]4C(O[Si](C)(C)C(C)(C)C)[C@@H]5OC(c6ccccc6)OC[C@H]5O[C@@H]4OC)c32)c(C)nn1CC. The van der Waals surface area contributed by atoms with Crippen molar-refractivity contribution in [1.82, 2.24) is 38.7 Å². The lowest BCUT2D eigenvalue weighted by Crippen LogP contribution is -2.66. The number of aromatic amines is 1. The number of allylic oxidation sites excluding steroid dienone is 2. The summed E-state index contributed by atoms with van der Waals surface area (Å²) in [7, 11) is 0.616. The number of carbonyl (C=O) groups excluding carboxylic acids is 4. The molecule has 2 unspecified atom stereocenters. The molecule has 25 nitrogen and oxygen atoms in total. The number of aromatic nitrogens is 8. The molecule has 7 aromatic rings. The van der Waals surface area contributed by atoms with Gasteiger partial charge in [0.15, 0.2) is 20.9 Å². The lowest BCUT2D eigenvalue weighted by molar-refractivity contribution is -0.360. The van der Waals surface area contributed by atoms with E-state index in [2.05, 4.69) is 59.0 Å². The number of methoxy groups -OCH3 is 2. The number of imidazole rings is 2. The summed E-state index contributed by atoms with van der Waals surface area (Å²) in [6.45, 7) is 20.6. The first-order chi connectivity index (χ1) is 42.5. The third-order valence-corrected chi connectivity index (χ3v) is 21.0. The molecule has 3 amide bonds. The molecule has 2 fully saturated rings. The van der Waals surface area contributed by atoms with Crippen LogP contribution < -0.4 is 32.3 Å². The highest BCUT2D eigenvalue weighted by Gasteiger charge is 2.54. The minimum Gasteiger partial charge on any atom is -0.494 e. The van der Waals surface area contributed by atoms with Crippen LogP contribution in [0.2, 0.25) is 18.1 Å². The smallest absolute Gasteiger partial charge is 0.356 e.